The summed E-state index contributed by atoms with van der Waals surface area (Å²) >= 11 is 10.2. The predicted molar refractivity (Wildman–Crippen MR) is 85.9 cm³/mol. The van der Waals surface area contributed by atoms with Crippen molar-refractivity contribution in [2.45, 2.75) is 36.3 Å². The molecule has 1 aliphatic heterocycles. The normalized spacial score (nSPS) is 25.9. The maximum absolute atomic E-state index is 6.42. The highest BCUT2D eigenvalue weighted by Gasteiger charge is 2.29. The lowest BCUT2D eigenvalue weighted by Crippen LogP contribution is -2.43. The molecule has 18 heavy (non-hydrogen) atoms. The van der Waals surface area contributed by atoms with Gasteiger partial charge in [0.05, 0.1) is 0 Å². The lowest BCUT2D eigenvalue weighted by atomic mass is 10.0. The first-order chi connectivity index (χ1) is 8.70. The number of nitrogens with two attached hydrogens (primary N) is 1. The Morgan fingerprint density at radius 3 is 2.89 bits per heavy atom. The Hall–Kier alpha value is 0.170. The van der Waals surface area contributed by atoms with Crippen LogP contribution in [0.15, 0.2) is 24.3 Å². The average Bonchev–Trinajstić information content (AvgIpc) is 2.38. The summed E-state index contributed by atoms with van der Waals surface area (Å²) in [6.07, 6.45) is 2.14. The molecule has 1 saturated heterocycles. The van der Waals surface area contributed by atoms with Crippen LogP contribution in [0, 0.1) is 0 Å². The van der Waals surface area contributed by atoms with E-state index in [0.717, 1.165) is 11.4 Å². The molecule has 100 valence electrons. The van der Waals surface area contributed by atoms with E-state index in [9.17, 15) is 0 Å². The van der Waals surface area contributed by atoms with Crippen LogP contribution in [0.3, 0.4) is 0 Å². The van der Waals surface area contributed by atoms with Gasteiger partial charge < -0.3 is 5.73 Å². The molecule has 0 aliphatic carbocycles. The van der Waals surface area contributed by atoms with E-state index in [-0.39, 0.29) is 6.04 Å². The number of thioether (sulfide) groups is 2. The number of hydrogen-bond donors (Lipinski definition) is 1. The largest absolute Gasteiger partial charge is 0.326 e. The van der Waals surface area contributed by atoms with Crippen molar-refractivity contribution in [3.63, 3.8) is 0 Å². The quantitative estimate of drug-likeness (QED) is 0.915. The second-order valence-electron chi connectivity index (χ2n) is 4.65. The molecular formula is C14H20ClNS2. The first-order valence-corrected chi connectivity index (χ1v) is 8.91. The van der Waals surface area contributed by atoms with Gasteiger partial charge in [-0.2, -0.15) is 23.5 Å². The maximum atomic E-state index is 6.42. The van der Waals surface area contributed by atoms with Gasteiger partial charge in [0.1, 0.15) is 0 Å². The van der Waals surface area contributed by atoms with Gasteiger partial charge in [0.25, 0.3) is 0 Å². The van der Waals surface area contributed by atoms with Crippen LogP contribution in [0.2, 0.25) is 5.02 Å². The Morgan fingerprint density at radius 1 is 1.39 bits per heavy atom. The van der Waals surface area contributed by atoms with Crippen molar-refractivity contribution < 1.29 is 0 Å². The maximum Gasteiger partial charge on any atom is 0.0408 e. The Labute approximate surface area is 123 Å². The minimum Gasteiger partial charge on any atom is -0.326 e. The van der Waals surface area contributed by atoms with Gasteiger partial charge in [-0.1, -0.05) is 30.7 Å². The van der Waals surface area contributed by atoms with Crippen LogP contribution in [0.5, 0.6) is 0 Å². The topological polar surface area (TPSA) is 26.0 Å². The van der Waals surface area contributed by atoms with Crippen LogP contribution >= 0.6 is 35.1 Å². The first kappa shape index (κ1) is 14.6. The molecule has 1 fully saturated rings. The molecular weight excluding hydrogens is 282 g/mol. The third-order valence-corrected chi connectivity index (χ3v) is 6.94. The summed E-state index contributed by atoms with van der Waals surface area (Å²) in [5.74, 6) is 2.50. The second kappa shape index (κ2) is 7.09. The molecule has 0 spiro atoms. The summed E-state index contributed by atoms with van der Waals surface area (Å²) in [6.45, 7) is 2.27. The molecule has 3 unspecified atom stereocenters. The van der Waals surface area contributed by atoms with Crippen LogP contribution in [0.4, 0.5) is 0 Å². The molecule has 0 radical (unpaired) electrons. The highest BCUT2D eigenvalue weighted by Crippen LogP contribution is 2.35. The molecule has 1 aromatic carbocycles. The highest BCUT2D eigenvalue weighted by atomic mass is 35.5. The first-order valence-electron chi connectivity index (χ1n) is 6.44. The SMILES string of the molecule is CCC1SCCSC1C(N)Cc1cccc(Cl)c1. The lowest BCUT2D eigenvalue weighted by Gasteiger charge is -2.34. The zero-order valence-electron chi connectivity index (χ0n) is 10.6. The van der Waals surface area contributed by atoms with E-state index in [1.807, 2.05) is 30.0 Å². The van der Waals surface area contributed by atoms with Gasteiger partial charge in [0.15, 0.2) is 0 Å². The van der Waals surface area contributed by atoms with Crippen LogP contribution in [-0.2, 0) is 6.42 Å². The van der Waals surface area contributed by atoms with Crippen molar-refractivity contribution in [2.75, 3.05) is 11.5 Å². The van der Waals surface area contributed by atoms with Gasteiger partial charge in [-0.05, 0) is 30.5 Å². The fourth-order valence-corrected chi connectivity index (χ4v) is 5.79. The Balaban J connectivity index is 1.99. The summed E-state index contributed by atoms with van der Waals surface area (Å²) in [5, 5.41) is 2.09. The smallest absolute Gasteiger partial charge is 0.0408 e. The van der Waals surface area contributed by atoms with E-state index in [1.165, 1.54) is 23.5 Å². The predicted octanol–water partition coefficient (Wildman–Crippen LogP) is 3.84. The van der Waals surface area contributed by atoms with E-state index in [1.54, 1.807) is 0 Å². The van der Waals surface area contributed by atoms with Crippen LogP contribution in [0.25, 0.3) is 0 Å². The summed E-state index contributed by atoms with van der Waals surface area (Å²) < 4.78 is 0. The zero-order chi connectivity index (χ0) is 13.0. The molecule has 3 atom stereocenters. The van der Waals surface area contributed by atoms with Gasteiger partial charge in [-0.25, -0.2) is 0 Å². The van der Waals surface area contributed by atoms with Crippen molar-refractivity contribution in [1.82, 2.24) is 0 Å². The summed E-state index contributed by atoms with van der Waals surface area (Å²) in [5.41, 5.74) is 7.67. The summed E-state index contributed by atoms with van der Waals surface area (Å²) in [7, 11) is 0. The number of rotatable bonds is 4. The van der Waals surface area contributed by atoms with Crippen LogP contribution in [0.1, 0.15) is 18.9 Å². The third kappa shape index (κ3) is 3.83. The average molecular weight is 302 g/mol. The Morgan fingerprint density at radius 2 is 2.17 bits per heavy atom. The van der Waals surface area contributed by atoms with Crippen molar-refractivity contribution in [1.29, 1.82) is 0 Å². The van der Waals surface area contributed by atoms with Crippen molar-refractivity contribution >= 4 is 35.1 Å². The molecule has 2 N–H and O–H groups in total. The van der Waals surface area contributed by atoms with Crippen LogP contribution < -0.4 is 5.73 Å². The fourth-order valence-electron chi connectivity index (χ4n) is 2.39. The van der Waals surface area contributed by atoms with Gasteiger partial charge in [0, 0.05) is 33.1 Å². The van der Waals surface area contributed by atoms with Gasteiger partial charge in [-0.3, -0.25) is 0 Å². The molecule has 4 heteroatoms. The second-order valence-corrected chi connectivity index (χ2v) is 7.72. The van der Waals surface area contributed by atoms with Crippen LogP contribution in [-0.4, -0.2) is 28.0 Å². The third-order valence-electron chi connectivity index (χ3n) is 3.28. The molecule has 0 amide bonds. The highest BCUT2D eigenvalue weighted by molar-refractivity contribution is 8.07. The molecule has 0 aromatic heterocycles. The van der Waals surface area contributed by atoms with E-state index >= 15 is 0 Å². The lowest BCUT2D eigenvalue weighted by molar-refractivity contribution is 0.597. The van der Waals surface area contributed by atoms with E-state index in [2.05, 4.69) is 24.8 Å². The molecule has 1 nitrogen and oxygen atoms in total. The molecule has 1 aromatic rings. The fraction of sp³-hybridized carbons (Fsp3) is 0.571. The monoisotopic (exact) mass is 301 g/mol. The van der Waals surface area contributed by atoms with Gasteiger partial charge >= 0.3 is 0 Å². The molecule has 2 rings (SSSR count). The van der Waals surface area contributed by atoms with Crippen molar-refractivity contribution in [3.8, 4) is 0 Å². The molecule has 0 saturated carbocycles. The minimum atomic E-state index is 0.228. The standard InChI is InChI=1S/C14H20ClNS2/c1-2-13-14(18-7-6-17-13)12(16)9-10-4-3-5-11(15)8-10/h3-5,8,12-14H,2,6-7,9,16H2,1H3. The Kier molecular flexibility index (Phi) is 5.74. The van der Waals surface area contributed by atoms with E-state index in [4.69, 9.17) is 17.3 Å². The number of benzene rings is 1. The van der Waals surface area contributed by atoms with E-state index in [0.29, 0.717) is 10.5 Å². The summed E-state index contributed by atoms with van der Waals surface area (Å²) in [6, 6.07) is 8.29. The Bertz CT molecular complexity index is 386. The van der Waals surface area contributed by atoms with Crippen molar-refractivity contribution in [2.24, 2.45) is 5.73 Å². The molecule has 1 heterocycles. The number of halogens is 1. The summed E-state index contributed by atoms with van der Waals surface area (Å²) in [4.78, 5) is 0. The number of hydrogen-bond acceptors (Lipinski definition) is 3. The van der Waals surface area contributed by atoms with E-state index < -0.39 is 0 Å². The minimum absolute atomic E-state index is 0.228. The molecule has 0 bridgehead atoms. The zero-order valence-corrected chi connectivity index (χ0v) is 13.0. The molecule has 1 aliphatic rings. The van der Waals surface area contributed by atoms with Gasteiger partial charge in [0.2, 0.25) is 0 Å². The van der Waals surface area contributed by atoms with Gasteiger partial charge in [-0.15, -0.1) is 0 Å². The van der Waals surface area contributed by atoms with Crippen molar-refractivity contribution in [3.05, 3.63) is 34.9 Å².